The van der Waals surface area contributed by atoms with E-state index in [1.54, 1.807) is 0 Å². The zero-order valence-corrected chi connectivity index (χ0v) is 9.52. The molecule has 0 aromatic carbocycles. The van der Waals surface area contributed by atoms with E-state index >= 15 is 0 Å². The van der Waals surface area contributed by atoms with Gasteiger partial charge in [0.15, 0.2) is 0 Å². The van der Waals surface area contributed by atoms with Gasteiger partial charge in [0.25, 0.3) is 0 Å². The van der Waals surface area contributed by atoms with E-state index in [0.29, 0.717) is 0 Å². The number of aromatic nitrogens is 2. The van der Waals surface area contributed by atoms with Crippen LogP contribution in [0.1, 0.15) is 19.8 Å². The second kappa shape index (κ2) is 10.3. The van der Waals surface area contributed by atoms with Crippen molar-refractivity contribution in [3.8, 4) is 0 Å². The summed E-state index contributed by atoms with van der Waals surface area (Å²) in [5.41, 5.74) is 0. The molecule has 1 aromatic rings. The molecule has 0 atom stereocenters. The summed E-state index contributed by atoms with van der Waals surface area (Å²) in [7, 11) is 2.04. The Morgan fingerprint density at radius 3 is 2.50 bits per heavy atom. The number of aryl methyl sites for hydroxylation is 2. The third-order valence-electron chi connectivity index (χ3n) is 1.59. The molecule has 5 heteroatoms. The summed E-state index contributed by atoms with van der Waals surface area (Å²) in [6.07, 6.45) is 8.82. The zero-order chi connectivity index (χ0) is 10.1. The van der Waals surface area contributed by atoms with Gasteiger partial charge in [-0.1, -0.05) is 13.3 Å². The number of rotatable bonds is 3. The third kappa shape index (κ3) is 7.82. The van der Waals surface area contributed by atoms with Gasteiger partial charge in [-0.3, -0.25) is 0 Å². The van der Waals surface area contributed by atoms with Gasteiger partial charge in [-0.2, -0.15) is 0 Å². The SMILES string of the molecule is CCCCn1cc[n+](C)c1.O=C[O-].[Co]. The van der Waals surface area contributed by atoms with Crippen molar-refractivity contribution < 1.29 is 31.2 Å². The van der Waals surface area contributed by atoms with Crippen LogP contribution in [-0.4, -0.2) is 11.0 Å². The van der Waals surface area contributed by atoms with Gasteiger partial charge in [0.1, 0.15) is 12.4 Å². The molecule has 0 N–H and O–H groups in total. The second-order valence-electron chi connectivity index (χ2n) is 2.77. The molecule has 0 amide bonds. The number of hydrogen-bond acceptors (Lipinski definition) is 2. The predicted octanol–water partition coefficient (Wildman–Crippen LogP) is -0.524. The second-order valence-corrected chi connectivity index (χ2v) is 2.77. The average molecular weight is 243 g/mol. The molecule has 0 bridgehead atoms. The Kier molecular flexibility index (Phi) is 11.5. The van der Waals surface area contributed by atoms with Gasteiger partial charge in [0.2, 0.25) is 6.33 Å². The Labute approximate surface area is 94.8 Å². The van der Waals surface area contributed by atoms with Crippen molar-refractivity contribution in [2.24, 2.45) is 7.05 Å². The standard InChI is InChI=1S/C8H15N2.CH2O2.Co/c1-3-4-5-10-7-6-9(2)8-10;2-1-3;/h6-8H,3-5H2,1-2H3;1H,(H,2,3);/q+1;;/p-1. The molecule has 1 aromatic heterocycles. The van der Waals surface area contributed by atoms with E-state index in [2.05, 4.69) is 34.8 Å². The Hall–Kier alpha value is -0.814. The Balaban J connectivity index is 0. The van der Waals surface area contributed by atoms with Gasteiger partial charge in [0, 0.05) is 23.3 Å². The largest absolute Gasteiger partial charge is 0.554 e. The number of nitrogens with zero attached hydrogens (tertiary/aromatic N) is 2. The Bertz CT molecular complexity index is 238. The summed E-state index contributed by atoms with van der Waals surface area (Å²) in [5.74, 6) is 0. The molecule has 0 saturated carbocycles. The monoisotopic (exact) mass is 243 g/mol. The van der Waals surface area contributed by atoms with E-state index in [1.807, 2.05) is 7.05 Å². The maximum atomic E-state index is 8.25. The smallest absolute Gasteiger partial charge is 0.243 e. The molecule has 1 rings (SSSR count). The van der Waals surface area contributed by atoms with Crippen LogP contribution in [-0.2, 0) is 35.2 Å². The summed E-state index contributed by atoms with van der Waals surface area (Å²) in [5, 5.41) is 8.25. The van der Waals surface area contributed by atoms with Crippen LogP contribution in [0.4, 0.5) is 0 Å². The van der Waals surface area contributed by atoms with Gasteiger partial charge in [0.05, 0.1) is 13.6 Å². The number of unbranched alkanes of at least 4 members (excludes halogenated alkanes) is 1. The molecule has 0 fully saturated rings. The summed E-state index contributed by atoms with van der Waals surface area (Å²) in [6.45, 7) is 2.86. The van der Waals surface area contributed by atoms with E-state index in [4.69, 9.17) is 9.90 Å². The minimum Gasteiger partial charge on any atom is -0.554 e. The fraction of sp³-hybridized carbons (Fsp3) is 0.556. The van der Waals surface area contributed by atoms with Crippen molar-refractivity contribution in [2.45, 2.75) is 26.3 Å². The molecule has 0 saturated heterocycles. The maximum absolute atomic E-state index is 8.25. The summed E-state index contributed by atoms with van der Waals surface area (Å²) in [6, 6.07) is 0. The molecule has 4 nitrogen and oxygen atoms in total. The Morgan fingerprint density at radius 2 is 2.14 bits per heavy atom. The van der Waals surface area contributed by atoms with Crippen molar-refractivity contribution in [2.75, 3.05) is 0 Å². The number of hydrogen-bond donors (Lipinski definition) is 0. The van der Waals surface area contributed by atoms with Gasteiger partial charge >= 0.3 is 0 Å². The number of imidazole rings is 1. The Morgan fingerprint density at radius 1 is 1.57 bits per heavy atom. The molecule has 1 radical (unpaired) electrons. The maximum Gasteiger partial charge on any atom is 0.243 e. The first-order chi connectivity index (χ1) is 6.24. The van der Waals surface area contributed by atoms with Crippen LogP contribution >= 0.6 is 0 Å². The molecular formula is C9H16CoN2O2. The zero-order valence-electron chi connectivity index (χ0n) is 8.47. The van der Waals surface area contributed by atoms with E-state index in [0.717, 1.165) is 6.54 Å². The number of carbonyl (C=O) groups excluding carboxylic acids is 1. The van der Waals surface area contributed by atoms with E-state index < -0.39 is 6.47 Å². The van der Waals surface area contributed by atoms with Gasteiger partial charge in [-0.25, -0.2) is 9.13 Å². The minimum absolute atomic E-state index is 0. The normalized spacial score (nSPS) is 8.14. The molecule has 0 aliphatic heterocycles. The first kappa shape index (κ1) is 15.6. The fourth-order valence-electron chi connectivity index (χ4n) is 0.975. The van der Waals surface area contributed by atoms with Crippen molar-refractivity contribution >= 4 is 6.47 Å². The quantitative estimate of drug-likeness (QED) is 0.529. The molecule has 14 heavy (non-hydrogen) atoms. The van der Waals surface area contributed by atoms with Gasteiger partial charge in [-0.15, -0.1) is 0 Å². The molecule has 83 valence electrons. The van der Waals surface area contributed by atoms with Crippen molar-refractivity contribution in [1.82, 2.24) is 4.57 Å². The fourth-order valence-corrected chi connectivity index (χ4v) is 0.975. The van der Waals surface area contributed by atoms with Crippen LogP contribution in [0.15, 0.2) is 18.7 Å². The van der Waals surface area contributed by atoms with Crippen LogP contribution < -0.4 is 9.67 Å². The van der Waals surface area contributed by atoms with E-state index in [-0.39, 0.29) is 16.8 Å². The summed E-state index contributed by atoms with van der Waals surface area (Å²) < 4.78 is 4.28. The van der Waals surface area contributed by atoms with E-state index in [1.165, 1.54) is 12.8 Å². The van der Waals surface area contributed by atoms with Crippen molar-refractivity contribution in [3.63, 3.8) is 0 Å². The van der Waals surface area contributed by atoms with Crippen molar-refractivity contribution in [3.05, 3.63) is 18.7 Å². The molecule has 1 heterocycles. The molecule has 0 unspecified atom stereocenters. The van der Waals surface area contributed by atoms with Crippen LogP contribution in [0.2, 0.25) is 0 Å². The number of carbonyl (C=O) groups is 1. The molecule has 0 spiro atoms. The summed E-state index contributed by atoms with van der Waals surface area (Å²) >= 11 is 0. The van der Waals surface area contributed by atoms with E-state index in [9.17, 15) is 0 Å². The third-order valence-corrected chi connectivity index (χ3v) is 1.59. The van der Waals surface area contributed by atoms with Crippen LogP contribution in [0.3, 0.4) is 0 Å². The van der Waals surface area contributed by atoms with Gasteiger partial charge in [-0.05, 0) is 6.42 Å². The number of carboxylic acid groups (broad SMARTS) is 1. The first-order valence-corrected chi connectivity index (χ1v) is 4.31. The van der Waals surface area contributed by atoms with Crippen LogP contribution in [0, 0.1) is 0 Å². The molecular weight excluding hydrogens is 227 g/mol. The van der Waals surface area contributed by atoms with Gasteiger partial charge < -0.3 is 9.90 Å². The average Bonchev–Trinajstić information content (AvgIpc) is 2.49. The first-order valence-electron chi connectivity index (χ1n) is 4.31. The van der Waals surface area contributed by atoms with Crippen LogP contribution in [0.5, 0.6) is 0 Å². The topological polar surface area (TPSA) is 48.9 Å². The minimum atomic E-state index is -0.500. The molecule has 0 aliphatic rings. The van der Waals surface area contributed by atoms with Crippen LogP contribution in [0.25, 0.3) is 0 Å². The molecule has 0 aliphatic carbocycles. The van der Waals surface area contributed by atoms with Crippen molar-refractivity contribution in [1.29, 1.82) is 0 Å². The summed E-state index contributed by atoms with van der Waals surface area (Å²) in [4.78, 5) is 8.25. The predicted molar refractivity (Wildman–Crippen MR) is 46.6 cm³/mol.